The summed E-state index contributed by atoms with van der Waals surface area (Å²) < 4.78 is 0. The van der Waals surface area contributed by atoms with Gasteiger partial charge in [0.1, 0.15) is 0 Å². The Morgan fingerprint density at radius 3 is 2.55 bits per heavy atom. The Kier molecular flexibility index (Phi) is 4.89. The standard InChI is InChI=1S/C20H23NO/c22-20(21-14-6-9-16-7-2-1-3-8-16)19-13-12-17-10-4-5-11-18(17)15-19/h1-3,7-8,12-13,15H,4-6,9-11,14H2,(H,21,22). The third-order valence-electron chi connectivity index (χ3n) is 4.38. The fourth-order valence-corrected chi connectivity index (χ4v) is 3.12. The third kappa shape index (κ3) is 3.76. The van der Waals surface area contributed by atoms with Gasteiger partial charge in [0.15, 0.2) is 0 Å². The van der Waals surface area contributed by atoms with Crippen LogP contribution in [0.2, 0.25) is 0 Å². The molecular weight excluding hydrogens is 270 g/mol. The Labute approximate surface area is 132 Å². The summed E-state index contributed by atoms with van der Waals surface area (Å²) in [6, 6.07) is 16.6. The summed E-state index contributed by atoms with van der Waals surface area (Å²) in [7, 11) is 0. The Hall–Kier alpha value is -2.09. The van der Waals surface area contributed by atoms with Gasteiger partial charge >= 0.3 is 0 Å². The first-order valence-corrected chi connectivity index (χ1v) is 8.27. The highest BCUT2D eigenvalue weighted by Gasteiger charge is 2.12. The molecule has 0 saturated carbocycles. The quantitative estimate of drug-likeness (QED) is 0.832. The average Bonchev–Trinajstić information content (AvgIpc) is 2.59. The molecule has 3 rings (SSSR count). The van der Waals surface area contributed by atoms with Crippen molar-refractivity contribution in [2.45, 2.75) is 38.5 Å². The molecule has 0 bridgehead atoms. The molecule has 114 valence electrons. The molecule has 2 aromatic carbocycles. The normalized spacial score (nSPS) is 13.5. The van der Waals surface area contributed by atoms with Crippen LogP contribution in [0, 0.1) is 0 Å². The zero-order valence-corrected chi connectivity index (χ0v) is 13.0. The van der Waals surface area contributed by atoms with Crippen molar-refractivity contribution >= 4 is 5.91 Å². The van der Waals surface area contributed by atoms with Gasteiger partial charge in [0.2, 0.25) is 0 Å². The van der Waals surface area contributed by atoms with E-state index in [1.807, 2.05) is 12.1 Å². The van der Waals surface area contributed by atoms with Crippen LogP contribution in [-0.2, 0) is 19.3 Å². The highest BCUT2D eigenvalue weighted by molar-refractivity contribution is 5.94. The Balaban J connectivity index is 1.49. The molecule has 1 aliphatic carbocycles. The van der Waals surface area contributed by atoms with E-state index in [0.29, 0.717) is 0 Å². The molecule has 22 heavy (non-hydrogen) atoms. The number of benzene rings is 2. The van der Waals surface area contributed by atoms with Gasteiger partial charge in [-0.1, -0.05) is 36.4 Å². The maximum atomic E-state index is 12.2. The van der Waals surface area contributed by atoms with Crippen molar-refractivity contribution in [3.63, 3.8) is 0 Å². The van der Waals surface area contributed by atoms with Gasteiger partial charge in [-0.2, -0.15) is 0 Å². The minimum Gasteiger partial charge on any atom is -0.352 e. The zero-order valence-electron chi connectivity index (χ0n) is 13.0. The van der Waals surface area contributed by atoms with Crippen molar-refractivity contribution in [3.05, 3.63) is 70.8 Å². The topological polar surface area (TPSA) is 29.1 Å². The Bertz CT molecular complexity index is 633. The average molecular weight is 293 g/mol. The molecule has 2 aromatic rings. The highest BCUT2D eigenvalue weighted by Crippen LogP contribution is 2.22. The van der Waals surface area contributed by atoms with E-state index in [1.165, 1.54) is 29.5 Å². The number of hydrogen-bond donors (Lipinski definition) is 1. The first-order chi connectivity index (χ1) is 10.8. The lowest BCUT2D eigenvalue weighted by atomic mass is 9.90. The summed E-state index contributed by atoms with van der Waals surface area (Å²) in [6.07, 6.45) is 6.78. The van der Waals surface area contributed by atoms with Gasteiger partial charge in [-0.15, -0.1) is 0 Å². The molecule has 1 N–H and O–H groups in total. The first kappa shape index (κ1) is 14.8. The summed E-state index contributed by atoms with van der Waals surface area (Å²) in [6.45, 7) is 0.727. The Morgan fingerprint density at radius 2 is 1.73 bits per heavy atom. The number of rotatable bonds is 5. The maximum absolute atomic E-state index is 12.2. The van der Waals surface area contributed by atoms with Gasteiger partial charge in [0.25, 0.3) is 5.91 Å². The van der Waals surface area contributed by atoms with Gasteiger partial charge in [-0.3, -0.25) is 4.79 Å². The number of carbonyl (C=O) groups is 1. The van der Waals surface area contributed by atoms with Crippen LogP contribution in [-0.4, -0.2) is 12.5 Å². The minimum absolute atomic E-state index is 0.0569. The molecule has 0 heterocycles. The van der Waals surface area contributed by atoms with E-state index in [2.05, 4.69) is 41.7 Å². The summed E-state index contributed by atoms with van der Waals surface area (Å²) >= 11 is 0. The van der Waals surface area contributed by atoms with Gasteiger partial charge in [0.05, 0.1) is 0 Å². The van der Waals surface area contributed by atoms with Crippen molar-refractivity contribution in [2.75, 3.05) is 6.54 Å². The minimum atomic E-state index is 0.0569. The third-order valence-corrected chi connectivity index (χ3v) is 4.38. The lowest BCUT2D eigenvalue weighted by Crippen LogP contribution is -2.25. The summed E-state index contributed by atoms with van der Waals surface area (Å²) in [5.74, 6) is 0.0569. The number of hydrogen-bond acceptors (Lipinski definition) is 1. The second-order valence-electron chi connectivity index (χ2n) is 6.04. The van der Waals surface area contributed by atoms with Crippen LogP contribution in [0.5, 0.6) is 0 Å². The van der Waals surface area contributed by atoms with Crippen molar-refractivity contribution in [1.29, 1.82) is 0 Å². The molecule has 0 saturated heterocycles. The van der Waals surface area contributed by atoms with E-state index in [-0.39, 0.29) is 5.91 Å². The smallest absolute Gasteiger partial charge is 0.251 e. The monoisotopic (exact) mass is 293 g/mol. The predicted molar refractivity (Wildman–Crippen MR) is 90.2 cm³/mol. The van der Waals surface area contributed by atoms with Gasteiger partial charge in [0, 0.05) is 12.1 Å². The van der Waals surface area contributed by atoms with Gasteiger partial charge in [-0.25, -0.2) is 0 Å². The molecule has 2 nitrogen and oxygen atoms in total. The van der Waals surface area contributed by atoms with Gasteiger partial charge in [-0.05, 0) is 67.3 Å². The second kappa shape index (κ2) is 7.26. The first-order valence-electron chi connectivity index (χ1n) is 8.27. The SMILES string of the molecule is O=C(NCCCc1ccccc1)c1ccc2c(c1)CCCC2. The van der Waals surface area contributed by atoms with E-state index in [4.69, 9.17) is 0 Å². The fraction of sp³-hybridized carbons (Fsp3) is 0.350. The summed E-state index contributed by atoms with van der Waals surface area (Å²) in [5.41, 5.74) is 4.92. The predicted octanol–water partition coefficient (Wildman–Crippen LogP) is 3.93. The zero-order chi connectivity index (χ0) is 15.2. The highest BCUT2D eigenvalue weighted by atomic mass is 16.1. The molecule has 2 heteroatoms. The summed E-state index contributed by atoms with van der Waals surface area (Å²) in [4.78, 5) is 12.2. The van der Waals surface area contributed by atoms with Crippen LogP contribution < -0.4 is 5.32 Å². The largest absolute Gasteiger partial charge is 0.352 e. The molecule has 0 aliphatic heterocycles. The fourth-order valence-electron chi connectivity index (χ4n) is 3.12. The number of amides is 1. The number of aryl methyl sites for hydroxylation is 3. The number of fused-ring (bicyclic) bond motifs is 1. The number of carbonyl (C=O) groups excluding carboxylic acids is 1. The van der Waals surface area contributed by atoms with Crippen LogP contribution in [0.25, 0.3) is 0 Å². The summed E-state index contributed by atoms with van der Waals surface area (Å²) in [5, 5.41) is 3.04. The van der Waals surface area contributed by atoms with Crippen LogP contribution in [0.4, 0.5) is 0 Å². The second-order valence-corrected chi connectivity index (χ2v) is 6.04. The molecular formula is C20H23NO. The van der Waals surface area contributed by atoms with Crippen molar-refractivity contribution in [3.8, 4) is 0 Å². The van der Waals surface area contributed by atoms with Crippen LogP contribution in [0.3, 0.4) is 0 Å². The molecule has 0 fully saturated rings. The molecule has 0 atom stereocenters. The van der Waals surface area contributed by atoms with Crippen LogP contribution in [0.1, 0.15) is 46.3 Å². The van der Waals surface area contributed by atoms with E-state index < -0.39 is 0 Å². The molecule has 0 unspecified atom stereocenters. The molecule has 0 radical (unpaired) electrons. The van der Waals surface area contributed by atoms with Crippen molar-refractivity contribution in [2.24, 2.45) is 0 Å². The molecule has 0 aromatic heterocycles. The van der Waals surface area contributed by atoms with Crippen molar-refractivity contribution in [1.82, 2.24) is 5.32 Å². The van der Waals surface area contributed by atoms with E-state index in [9.17, 15) is 4.79 Å². The molecule has 1 aliphatic rings. The number of nitrogens with one attached hydrogen (secondary N) is 1. The van der Waals surface area contributed by atoms with Crippen molar-refractivity contribution < 1.29 is 4.79 Å². The molecule has 1 amide bonds. The van der Waals surface area contributed by atoms with Crippen LogP contribution >= 0.6 is 0 Å². The lowest BCUT2D eigenvalue weighted by Gasteiger charge is -2.16. The maximum Gasteiger partial charge on any atom is 0.251 e. The Morgan fingerprint density at radius 1 is 0.955 bits per heavy atom. The van der Waals surface area contributed by atoms with Crippen LogP contribution in [0.15, 0.2) is 48.5 Å². The van der Waals surface area contributed by atoms with E-state index in [1.54, 1.807) is 0 Å². The van der Waals surface area contributed by atoms with Gasteiger partial charge < -0.3 is 5.32 Å². The van der Waals surface area contributed by atoms with E-state index >= 15 is 0 Å². The van der Waals surface area contributed by atoms with E-state index in [0.717, 1.165) is 37.8 Å². The lowest BCUT2D eigenvalue weighted by molar-refractivity contribution is 0.0953. The molecule has 0 spiro atoms.